The number of phosphoric ester groups is 2. The number of carbonyl (C=O) groups is 4. The fraction of sp³-hybridized carbons (Fsp3) is 0.778. The summed E-state index contributed by atoms with van der Waals surface area (Å²) in [5.74, 6) is -2.27. The lowest BCUT2D eigenvalue weighted by atomic mass is 10.0. The van der Waals surface area contributed by atoms with Crippen LogP contribution in [0.3, 0.4) is 0 Å². The van der Waals surface area contributed by atoms with Crippen molar-refractivity contribution in [3.63, 3.8) is 0 Å². The molecule has 0 saturated heterocycles. The summed E-state index contributed by atoms with van der Waals surface area (Å²) in [6.07, 6.45) is 75.8. The number of ether oxygens (including phenoxy) is 4. The highest BCUT2D eigenvalue weighted by atomic mass is 31.2. The van der Waals surface area contributed by atoms with Crippen molar-refractivity contribution in [3.8, 4) is 0 Å². The van der Waals surface area contributed by atoms with Gasteiger partial charge in [-0.05, 0) is 116 Å². The third-order valence-electron chi connectivity index (χ3n) is 16.8. The Bertz CT molecular complexity index is 2230. The van der Waals surface area contributed by atoms with E-state index in [4.69, 9.17) is 37.0 Å². The molecule has 2 unspecified atom stereocenters. The van der Waals surface area contributed by atoms with Gasteiger partial charge in [0.2, 0.25) is 0 Å². The number of phosphoric acid groups is 2. The molecule has 0 amide bonds. The number of rotatable bonds is 75. The van der Waals surface area contributed by atoms with Crippen molar-refractivity contribution in [1.82, 2.24) is 0 Å². The zero-order chi connectivity index (χ0) is 73.2. The Hall–Kier alpha value is -3.76. The summed E-state index contributed by atoms with van der Waals surface area (Å²) in [6, 6.07) is 0. The standard InChI is InChI=1S/C81H144O17P2/c1-5-9-13-17-21-25-29-33-35-36-37-38-40-43-46-50-54-58-62-66-79(84)92-72-77(98-81(86)68-64-60-56-52-48-44-39-34-30-26-22-18-14-10-6-2)74-96-100(89,90)94-70-75(82)69-93-99(87,88)95-73-76(97-80(85)67-63-59-55-51-47-42-32-28-24-20-16-12-8-4)71-91-78(83)65-61-57-53-49-45-41-31-27-23-19-15-11-7-3/h21,25,27-28,31-33,35,37-38,43,46,54,58,75-77,82H,5-20,22-24,26,29-30,34,36,39-42,44-45,47-53,55-57,59-74H2,1-4H3,(H,87,88)(H,89,90)/b25-21-,31-27-,32-28-,35-33-,38-37-,46-43-,58-54-/t75-,76+,77+/m0/s1. The summed E-state index contributed by atoms with van der Waals surface area (Å²) in [6.45, 7) is 4.76. The highest BCUT2D eigenvalue weighted by Crippen LogP contribution is 2.45. The molecule has 0 spiro atoms. The highest BCUT2D eigenvalue weighted by Gasteiger charge is 2.30. The molecule has 5 atom stereocenters. The van der Waals surface area contributed by atoms with Crippen molar-refractivity contribution in [2.24, 2.45) is 0 Å². The topological polar surface area (TPSA) is 237 Å². The summed E-state index contributed by atoms with van der Waals surface area (Å²) in [5, 5.41) is 10.6. The van der Waals surface area contributed by atoms with Gasteiger partial charge in [0.05, 0.1) is 26.4 Å². The van der Waals surface area contributed by atoms with E-state index >= 15 is 0 Å². The Balaban J connectivity index is 5.39. The molecule has 580 valence electrons. The van der Waals surface area contributed by atoms with E-state index in [0.29, 0.717) is 32.1 Å². The van der Waals surface area contributed by atoms with Crippen LogP contribution in [0.1, 0.15) is 349 Å². The van der Waals surface area contributed by atoms with Crippen LogP contribution in [-0.4, -0.2) is 96.7 Å². The Morgan fingerprint density at radius 2 is 0.510 bits per heavy atom. The molecule has 0 aromatic heterocycles. The normalized spacial score (nSPS) is 14.3. The smallest absolute Gasteiger partial charge is 0.462 e. The largest absolute Gasteiger partial charge is 0.472 e. The van der Waals surface area contributed by atoms with E-state index in [1.807, 2.05) is 12.2 Å². The number of aliphatic hydroxyl groups is 1. The summed E-state index contributed by atoms with van der Waals surface area (Å²) >= 11 is 0. The molecule has 0 heterocycles. The molecule has 0 aliphatic rings. The lowest BCUT2D eigenvalue weighted by molar-refractivity contribution is -0.161. The monoisotopic (exact) mass is 1450 g/mol. The Morgan fingerprint density at radius 3 is 0.850 bits per heavy atom. The van der Waals surface area contributed by atoms with E-state index in [9.17, 15) is 43.2 Å². The maximum Gasteiger partial charge on any atom is 0.472 e. The van der Waals surface area contributed by atoms with Crippen LogP contribution < -0.4 is 0 Å². The van der Waals surface area contributed by atoms with Crippen molar-refractivity contribution < 1.29 is 80.2 Å². The number of allylic oxidation sites excluding steroid dienone is 14. The summed E-state index contributed by atoms with van der Waals surface area (Å²) in [7, 11) is -9.96. The molecule has 0 aromatic carbocycles. The van der Waals surface area contributed by atoms with Gasteiger partial charge >= 0.3 is 39.5 Å². The average Bonchev–Trinajstić information content (AvgIpc) is 0.946. The minimum Gasteiger partial charge on any atom is -0.462 e. The van der Waals surface area contributed by atoms with E-state index in [2.05, 4.69) is 101 Å². The fourth-order valence-corrected chi connectivity index (χ4v) is 12.3. The van der Waals surface area contributed by atoms with Crippen LogP contribution in [0, 0.1) is 0 Å². The number of esters is 4. The fourth-order valence-electron chi connectivity index (χ4n) is 10.7. The molecule has 3 N–H and O–H groups in total. The van der Waals surface area contributed by atoms with E-state index in [0.717, 1.165) is 128 Å². The molecule has 0 fully saturated rings. The van der Waals surface area contributed by atoms with Crippen molar-refractivity contribution in [1.29, 1.82) is 0 Å². The summed E-state index contributed by atoms with van der Waals surface area (Å²) in [5.41, 5.74) is 0. The molecule has 0 bridgehead atoms. The van der Waals surface area contributed by atoms with Gasteiger partial charge in [-0.2, -0.15) is 0 Å². The molecule has 0 rings (SSSR count). The van der Waals surface area contributed by atoms with Crippen LogP contribution >= 0.6 is 15.6 Å². The Kier molecular flexibility index (Phi) is 70.8. The molecule has 0 saturated carbocycles. The summed E-state index contributed by atoms with van der Waals surface area (Å²) < 4.78 is 68.5. The van der Waals surface area contributed by atoms with Gasteiger partial charge in [-0.1, -0.05) is 293 Å². The van der Waals surface area contributed by atoms with Gasteiger partial charge in [0, 0.05) is 25.7 Å². The first-order valence-corrected chi connectivity index (χ1v) is 42.8. The minimum absolute atomic E-state index is 0.0408. The van der Waals surface area contributed by atoms with Gasteiger partial charge in [-0.25, -0.2) is 9.13 Å². The number of unbranched alkanes of at least 4 members (excludes halogenated alkanes) is 35. The van der Waals surface area contributed by atoms with Gasteiger partial charge in [0.25, 0.3) is 0 Å². The van der Waals surface area contributed by atoms with Gasteiger partial charge in [0.15, 0.2) is 12.2 Å². The molecular weight excluding hydrogens is 1310 g/mol. The lowest BCUT2D eigenvalue weighted by Gasteiger charge is -2.21. The van der Waals surface area contributed by atoms with E-state index < -0.39 is 97.5 Å². The number of carbonyl (C=O) groups excluding carboxylic acids is 4. The number of hydrogen-bond donors (Lipinski definition) is 3. The molecule has 19 heteroatoms. The second-order valence-corrected chi connectivity index (χ2v) is 29.6. The lowest BCUT2D eigenvalue weighted by Crippen LogP contribution is -2.30. The van der Waals surface area contributed by atoms with Crippen molar-refractivity contribution in [2.45, 2.75) is 367 Å². The zero-order valence-electron chi connectivity index (χ0n) is 63.4. The molecule has 100 heavy (non-hydrogen) atoms. The van der Waals surface area contributed by atoms with Crippen molar-refractivity contribution >= 4 is 39.5 Å². The van der Waals surface area contributed by atoms with Crippen LogP contribution in [0.25, 0.3) is 0 Å². The maximum atomic E-state index is 13.1. The van der Waals surface area contributed by atoms with Gasteiger partial charge in [0.1, 0.15) is 19.3 Å². The second kappa shape index (κ2) is 73.5. The molecule has 17 nitrogen and oxygen atoms in total. The SMILES string of the molecule is CCCCC/C=C\C/C=C\C/C=C\C/C=C\C/C=C\CCC(=O)OC[C@H](COP(=O)(O)OC[C@@H](O)COP(=O)(O)OC[C@@H](COC(=O)CCCCCCC/C=C\CCCCCC)OC(=O)CCCCCCC/C=C\CCCCCC)OC(=O)CCCCCCCCCCCCCCCCC. The first-order chi connectivity index (χ1) is 48.7. The Labute approximate surface area is 608 Å². The number of aliphatic hydroxyl groups excluding tert-OH is 1. The van der Waals surface area contributed by atoms with Crippen LogP contribution in [0.5, 0.6) is 0 Å². The third kappa shape index (κ3) is 72.6. The van der Waals surface area contributed by atoms with Crippen LogP contribution in [-0.2, 0) is 65.4 Å². The summed E-state index contributed by atoms with van der Waals surface area (Å²) in [4.78, 5) is 72.9. The molecular formula is C81H144O17P2. The van der Waals surface area contributed by atoms with Crippen LogP contribution in [0.15, 0.2) is 85.1 Å². The molecule has 0 aliphatic carbocycles. The Morgan fingerprint density at radius 1 is 0.280 bits per heavy atom. The zero-order valence-corrected chi connectivity index (χ0v) is 65.2. The van der Waals surface area contributed by atoms with E-state index in [-0.39, 0.29) is 25.7 Å². The van der Waals surface area contributed by atoms with Crippen molar-refractivity contribution in [2.75, 3.05) is 39.6 Å². The second-order valence-electron chi connectivity index (χ2n) is 26.7. The molecule has 0 aromatic rings. The van der Waals surface area contributed by atoms with E-state index in [1.54, 1.807) is 0 Å². The van der Waals surface area contributed by atoms with Crippen LogP contribution in [0.2, 0.25) is 0 Å². The quantitative estimate of drug-likeness (QED) is 0.0169. The third-order valence-corrected chi connectivity index (χ3v) is 18.7. The predicted molar refractivity (Wildman–Crippen MR) is 409 cm³/mol. The highest BCUT2D eigenvalue weighted by molar-refractivity contribution is 7.47. The number of hydrogen-bond acceptors (Lipinski definition) is 15. The molecule has 0 radical (unpaired) electrons. The first kappa shape index (κ1) is 96.2. The predicted octanol–water partition coefficient (Wildman–Crippen LogP) is 23.0. The first-order valence-electron chi connectivity index (χ1n) is 39.8. The van der Waals surface area contributed by atoms with Crippen molar-refractivity contribution in [3.05, 3.63) is 85.1 Å². The average molecular weight is 1450 g/mol. The van der Waals surface area contributed by atoms with E-state index in [1.165, 1.54) is 135 Å². The van der Waals surface area contributed by atoms with Crippen LogP contribution in [0.4, 0.5) is 0 Å². The molecule has 0 aliphatic heterocycles. The van der Waals surface area contributed by atoms with Gasteiger partial charge < -0.3 is 33.8 Å². The van der Waals surface area contributed by atoms with Gasteiger partial charge in [-0.3, -0.25) is 37.3 Å². The minimum atomic E-state index is -4.99. The maximum absolute atomic E-state index is 13.1. The van der Waals surface area contributed by atoms with Gasteiger partial charge in [-0.15, -0.1) is 0 Å².